The van der Waals surface area contributed by atoms with Gasteiger partial charge in [0.05, 0.1) is 6.20 Å². The molecule has 18 heavy (non-hydrogen) atoms. The number of anilines is 1. The fourth-order valence-electron chi connectivity index (χ4n) is 1.45. The summed E-state index contributed by atoms with van der Waals surface area (Å²) in [6.07, 6.45) is 2.51. The number of rotatable bonds is 4. The first-order valence-electron chi connectivity index (χ1n) is 5.70. The van der Waals surface area contributed by atoms with Crippen LogP contribution in [0.3, 0.4) is 0 Å². The molecule has 0 saturated carbocycles. The minimum atomic E-state index is 0.347. The monoisotopic (exact) mass is 263 g/mol. The highest BCUT2D eigenvalue weighted by Crippen LogP contribution is 2.27. The Balaban J connectivity index is 2.21. The second-order valence-corrected chi connectivity index (χ2v) is 4.10. The Hall–Kier alpha value is -1.81. The van der Waals surface area contributed by atoms with E-state index in [0.717, 1.165) is 6.42 Å². The molecule has 5 heteroatoms. The minimum Gasteiger partial charge on any atom is -0.437 e. The molecule has 0 radical (unpaired) electrons. The number of benzene rings is 1. The van der Waals surface area contributed by atoms with E-state index in [1.807, 2.05) is 24.3 Å². The van der Waals surface area contributed by atoms with Crippen molar-refractivity contribution in [1.29, 1.82) is 0 Å². The van der Waals surface area contributed by atoms with Crippen molar-refractivity contribution in [2.45, 2.75) is 13.3 Å². The van der Waals surface area contributed by atoms with Crippen molar-refractivity contribution in [3.05, 3.63) is 41.0 Å². The van der Waals surface area contributed by atoms with Gasteiger partial charge in [0.25, 0.3) is 0 Å². The van der Waals surface area contributed by atoms with Crippen molar-refractivity contribution in [2.24, 2.45) is 0 Å². The van der Waals surface area contributed by atoms with Crippen molar-refractivity contribution in [3.8, 4) is 11.6 Å². The quantitative estimate of drug-likeness (QED) is 0.917. The molecule has 2 rings (SSSR count). The second kappa shape index (κ2) is 5.69. The molecular weight excluding hydrogens is 250 g/mol. The van der Waals surface area contributed by atoms with Crippen LogP contribution < -0.4 is 10.1 Å². The smallest absolute Gasteiger partial charge is 0.243 e. The summed E-state index contributed by atoms with van der Waals surface area (Å²) in [5.74, 6) is 1.52. The van der Waals surface area contributed by atoms with Crippen LogP contribution in [0.2, 0.25) is 5.02 Å². The topological polar surface area (TPSA) is 47.0 Å². The third kappa shape index (κ3) is 2.90. The lowest BCUT2D eigenvalue weighted by Crippen LogP contribution is -1.98. The number of nitrogens with zero attached hydrogens (tertiary/aromatic N) is 2. The molecule has 1 aromatic heterocycles. The summed E-state index contributed by atoms with van der Waals surface area (Å²) in [7, 11) is 1.74. The zero-order valence-electron chi connectivity index (χ0n) is 10.3. The lowest BCUT2D eigenvalue weighted by atomic mass is 10.2. The Bertz CT molecular complexity index is 528. The Kier molecular flexibility index (Phi) is 3.99. The van der Waals surface area contributed by atoms with E-state index >= 15 is 0 Å². The van der Waals surface area contributed by atoms with Crippen LogP contribution in [0.5, 0.6) is 11.6 Å². The number of ether oxygens (including phenoxy) is 1. The Morgan fingerprint density at radius 3 is 2.61 bits per heavy atom. The van der Waals surface area contributed by atoms with Gasteiger partial charge in [-0.2, -0.15) is 4.98 Å². The third-order valence-electron chi connectivity index (χ3n) is 2.48. The van der Waals surface area contributed by atoms with Crippen LogP contribution in [0.25, 0.3) is 0 Å². The van der Waals surface area contributed by atoms with Gasteiger partial charge in [0.15, 0.2) is 0 Å². The van der Waals surface area contributed by atoms with Gasteiger partial charge in [0.1, 0.15) is 10.8 Å². The molecule has 0 aliphatic rings. The first kappa shape index (κ1) is 12.6. The first-order chi connectivity index (χ1) is 8.72. The zero-order chi connectivity index (χ0) is 13.0. The van der Waals surface area contributed by atoms with E-state index in [4.69, 9.17) is 16.3 Å². The lowest BCUT2D eigenvalue weighted by molar-refractivity contribution is 0.462. The third-order valence-corrected chi connectivity index (χ3v) is 2.74. The summed E-state index contributed by atoms with van der Waals surface area (Å²) < 4.78 is 5.63. The van der Waals surface area contributed by atoms with Gasteiger partial charge in [-0.3, -0.25) is 0 Å². The van der Waals surface area contributed by atoms with Crippen LogP contribution in [-0.2, 0) is 6.42 Å². The number of aryl methyl sites for hydroxylation is 1. The molecule has 0 unspecified atom stereocenters. The highest BCUT2D eigenvalue weighted by molar-refractivity contribution is 6.31. The van der Waals surface area contributed by atoms with Gasteiger partial charge < -0.3 is 10.1 Å². The van der Waals surface area contributed by atoms with Gasteiger partial charge in [-0.05, 0) is 24.1 Å². The number of halogens is 1. The summed E-state index contributed by atoms with van der Waals surface area (Å²) in [5, 5.41) is 3.22. The van der Waals surface area contributed by atoms with Crippen LogP contribution in [0, 0.1) is 0 Å². The molecule has 0 fully saturated rings. The van der Waals surface area contributed by atoms with Crippen LogP contribution in [-0.4, -0.2) is 17.0 Å². The predicted octanol–water partition coefficient (Wildman–Crippen LogP) is 3.53. The SMILES string of the molecule is CCc1ccc(Oc2nc(NC)ncc2Cl)cc1. The highest BCUT2D eigenvalue weighted by atomic mass is 35.5. The molecule has 0 spiro atoms. The van der Waals surface area contributed by atoms with Crippen molar-refractivity contribution < 1.29 is 4.74 Å². The number of hydrogen-bond donors (Lipinski definition) is 1. The summed E-state index contributed by atoms with van der Waals surface area (Å²) in [6, 6.07) is 7.83. The fourth-order valence-corrected chi connectivity index (χ4v) is 1.58. The Labute approximate surface area is 111 Å². The maximum Gasteiger partial charge on any atom is 0.243 e. The molecule has 4 nitrogen and oxygen atoms in total. The summed E-state index contributed by atoms with van der Waals surface area (Å²) >= 11 is 5.98. The van der Waals surface area contributed by atoms with E-state index in [2.05, 4.69) is 22.2 Å². The van der Waals surface area contributed by atoms with Crippen LogP contribution in [0.15, 0.2) is 30.5 Å². The second-order valence-electron chi connectivity index (χ2n) is 3.70. The van der Waals surface area contributed by atoms with E-state index in [1.54, 1.807) is 7.05 Å². The summed E-state index contributed by atoms with van der Waals surface area (Å²) in [4.78, 5) is 8.14. The van der Waals surface area contributed by atoms with E-state index in [1.165, 1.54) is 11.8 Å². The molecule has 1 N–H and O–H groups in total. The summed E-state index contributed by atoms with van der Waals surface area (Å²) in [6.45, 7) is 2.11. The van der Waals surface area contributed by atoms with Gasteiger partial charge in [0.2, 0.25) is 11.8 Å². The van der Waals surface area contributed by atoms with Crippen LogP contribution in [0.4, 0.5) is 5.95 Å². The van der Waals surface area contributed by atoms with Gasteiger partial charge >= 0.3 is 0 Å². The van der Waals surface area contributed by atoms with Crippen molar-refractivity contribution in [1.82, 2.24) is 9.97 Å². The van der Waals surface area contributed by atoms with Crippen molar-refractivity contribution in [3.63, 3.8) is 0 Å². The Morgan fingerprint density at radius 1 is 1.28 bits per heavy atom. The van der Waals surface area contributed by atoms with Gasteiger partial charge in [0, 0.05) is 7.05 Å². The molecule has 0 amide bonds. The highest BCUT2D eigenvalue weighted by Gasteiger charge is 2.07. The zero-order valence-corrected chi connectivity index (χ0v) is 11.0. The lowest BCUT2D eigenvalue weighted by Gasteiger charge is -2.08. The normalized spacial score (nSPS) is 10.2. The molecule has 94 valence electrons. The number of aromatic nitrogens is 2. The van der Waals surface area contributed by atoms with E-state index in [-0.39, 0.29) is 0 Å². The van der Waals surface area contributed by atoms with Gasteiger partial charge in [-0.15, -0.1) is 0 Å². The maximum atomic E-state index is 5.98. The molecule has 0 aliphatic carbocycles. The van der Waals surface area contributed by atoms with E-state index < -0.39 is 0 Å². The summed E-state index contributed by atoms with van der Waals surface area (Å²) in [5.41, 5.74) is 1.26. The standard InChI is InChI=1S/C13H14ClN3O/c1-3-9-4-6-10(7-5-9)18-12-11(14)8-16-13(15-2)17-12/h4-8H,3H2,1-2H3,(H,15,16,17). The first-order valence-corrected chi connectivity index (χ1v) is 6.07. The molecule has 1 heterocycles. The fraction of sp³-hybridized carbons (Fsp3) is 0.231. The van der Waals surface area contributed by atoms with E-state index in [0.29, 0.717) is 22.6 Å². The molecule has 0 saturated heterocycles. The molecule has 2 aromatic rings. The van der Waals surface area contributed by atoms with E-state index in [9.17, 15) is 0 Å². The van der Waals surface area contributed by atoms with Gasteiger partial charge in [-0.25, -0.2) is 4.98 Å². The molecule has 1 aromatic carbocycles. The number of nitrogens with one attached hydrogen (secondary N) is 1. The van der Waals surface area contributed by atoms with Crippen LogP contribution >= 0.6 is 11.6 Å². The number of hydrogen-bond acceptors (Lipinski definition) is 4. The Morgan fingerprint density at radius 2 is 2.00 bits per heavy atom. The van der Waals surface area contributed by atoms with Crippen molar-refractivity contribution >= 4 is 17.5 Å². The molecular formula is C13H14ClN3O. The molecule has 0 atom stereocenters. The van der Waals surface area contributed by atoms with Gasteiger partial charge in [-0.1, -0.05) is 30.7 Å². The largest absolute Gasteiger partial charge is 0.437 e. The molecule has 0 aliphatic heterocycles. The molecule has 0 bridgehead atoms. The van der Waals surface area contributed by atoms with Crippen molar-refractivity contribution in [2.75, 3.05) is 12.4 Å². The minimum absolute atomic E-state index is 0.347. The van der Waals surface area contributed by atoms with Crippen LogP contribution in [0.1, 0.15) is 12.5 Å². The predicted molar refractivity (Wildman–Crippen MR) is 72.5 cm³/mol. The average molecular weight is 264 g/mol. The maximum absolute atomic E-state index is 5.98. The average Bonchev–Trinajstić information content (AvgIpc) is 2.42.